The first-order chi connectivity index (χ1) is 11.8. The molecule has 0 saturated heterocycles. The average Bonchev–Trinajstić information content (AvgIpc) is 3.21. The van der Waals surface area contributed by atoms with Crippen LogP contribution in [0.2, 0.25) is 0 Å². The quantitative estimate of drug-likeness (QED) is 0.781. The Morgan fingerprint density at radius 2 is 2.04 bits per heavy atom. The molecule has 126 valence electrons. The van der Waals surface area contributed by atoms with Crippen LogP contribution in [0.15, 0.2) is 47.1 Å². The number of hydrogen-bond donors (Lipinski definition) is 1. The van der Waals surface area contributed by atoms with E-state index in [4.69, 9.17) is 9.68 Å². The molecule has 1 aromatic carbocycles. The molecular weight excluding hydrogens is 318 g/mol. The fourth-order valence-electron chi connectivity index (χ4n) is 2.81. The molecule has 6 heteroatoms. The van der Waals surface area contributed by atoms with Crippen LogP contribution < -0.4 is 0 Å². The fourth-order valence-corrected chi connectivity index (χ4v) is 2.81. The molecule has 25 heavy (non-hydrogen) atoms. The molecular formula is C19H17N3O3. The highest BCUT2D eigenvalue weighted by atomic mass is 16.4. The summed E-state index contributed by atoms with van der Waals surface area (Å²) in [6.45, 7) is 5.79. The standard InChI is InChI=1S/C19H17N3O3/c1-19(2,3)15-16(18(23)24)21-22(17(15)14-8-5-9-25-14)13-7-4-6-12(10-13)11-20/h4-10H,1-3H3,(H,23,24). The first-order valence-electron chi connectivity index (χ1n) is 7.74. The third-order valence-electron chi connectivity index (χ3n) is 3.81. The molecule has 0 fully saturated rings. The number of nitriles is 1. The lowest BCUT2D eigenvalue weighted by molar-refractivity contribution is 0.0687. The Kier molecular flexibility index (Phi) is 3.93. The summed E-state index contributed by atoms with van der Waals surface area (Å²) in [5, 5.41) is 23.1. The molecule has 2 heterocycles. The molecule has 0 bridgehead atoms. The molecule has 0 atom stereocenters. The minimum absolute atomic E-state index is 0.0266. The first-order valence-corrected chi connectivity index (χ1v) is 7.74. The zero-order valence-electron chi connectivity index (χ0n) is 14.1. The van der Waals surface area contributed by atoms with Crippen molar-refractivity contribution in [3.05, 3.63) is 59.5 Å². The summed E-state index contributed by atoms with van der Waals surface area (Å²) in [5.41, 5.74) is 1.72. The van der Waals surface area contributed by atoms with Gasteiger partial charge in [-0.15, -0.1) is 0 Å². The van der Waals surface area contributed by atoms with Crippen molar-refractivity contribution < 1.29 is 14.3 Å². The molecule has 6 nitrogen and oxygen atoms in total. The molecule has 0 unspecified atom stereocenters. The van der Waals surface area contributed by atoms with Gasteiger partial charge in [0.2, 0.25) is 0 Å². The van der Waals surface area contributed by atoms with Crippen molar-refractivity contribution in [1.29, 1.82) is 5.26 Å². The van der Waals surface area contributed by atoms with Crippen LogP contribution in [0.3, 0.4) is 0 Å². The summed E-state index contributed by atoms with van der Waals surface area (Å²) in [7, 11) is 0. The molecule has 0 aliphatic heterocycles. The summed E-state index contributed by atoms with van der Waals surface area (Å²) in [4.78, 5) is 11.8. The van der Waals surface area contributed by atoms with E-state index >= 15 is 0 Å². The Morgan fingerprint density at radius 1 is 1.28 bits per heavy atom. The van der Waals surface area contributed by atoms with E-state index in [1.807, 2.05) is 20.8 Å². The SMILES string of the molecule is CC(C)(C)c1c(C(=O)O)nn(-c2cccc(C#N)c2)c1-c1ccco1. The van der Waals surface area contributed by atoms with Crippen LogP contribution in [-0.2, 0) is 5.41 Å². The molecule has 0 amide bonds. The highest BCUT2D eigenvalue weighted by molar-refractivity contribution is 5.90. The number of aromatic nitrogens is 2. The summed E-state index contributed by atoms with van der Waals surface area (Å²) in [6, 6.07) is 12.5. The van der Waals surface area contributed by atoms with Gasteiger partial charge in [-0.25, -0.2) is 9.48 Å². The summed E-state index contributed by atoms with van der Waals surface area (Å²) in [6.07, 6.45) is 1.53. The van der Waals surface area contributed by atoms with E-state index in [9.17, 15) is 9.90 Å². The second-order valence-corrected chi connectivity index (χ2v) is 6.68. The van der Waals surface area contributed by atoms with Crippen molar-refractivity contribution in [2.45, 2.75) is 26.2 Å². The topological polar surface area (TPSA) is 92.0 Å². The van der Waals surface area contributed by atoms with Gasteiger partial charge in [-0.1, -0.05) is 26.8 Å². The molecule has 0 aliphatic carbocycles. The van der Waals surface area contributed by atoms with E-state index in [0.717, 1.165) is 0 Å². The number of aromatic carboxylic acids is 1. The van der Waals surface area contributed by atoms with Crippen molar-refractivity contribution >= 4 is 5.97 Å². The van der Waals surface area contributed by atoms with Crippen LogP contribution in [0.25, 0.3) is 17.1 Å². The smallest absolute Gasteiger partial charge is 0.356 e. The van der Waals surface area contributed by atoms with Gasteiger partial charge in [0, 0.05) is 5.56 Å². The number of carbonyl (C=O) groups is 1. The lowest BCUT2D eigenvalue weighted by Crippen LogP contribution is -2.16. The van der Waals surface area contributed by atoms with Crippen molar-refractivity contribution in [2.75, 3.05) is 0 Å². The predicted octanol–water partition coefficient (Wildman–Crippen LogP) is 4.00. The predicted molar refractivity (Wildman–Crippen MR) is 91.6 cm³/mol. The van der Waals surface area contributed by atoms with Gasteiger partial charge in [0.1, 0.15) is 5.69 Å². The lowest BCUT2D eigenvalue weighted by atomic mass is 9.84. The number of carboxylic acids is 1. The van der Waals surface area contributed by atoms with Crippen molar-refractivity contribution in [2.24, 2.45) is 0 Å². The molecule has 3 aromatic rings. The van der Waals surface area contributed by atoms with Gasteiger partial charge in [-0.05, 0) is 35.7 Å². The number of furan rings is 1. The largest absolute Gasteiger partial charge is 0.476 e. The molecule has 0 radical (unpaired) electrons. The number of nitrogens with zero attached hydrogens (tertiary/aromatic N) is 3. The van der Waals surface area contributed by atoms with Gasteiger partial charge in [0.25, 0.3) is 0 Å². The summed E-state index contributed by atoms with van der Waals surface area (Å²) in [5.74, 6) is -0.583. The normalized spacial score (nSPS) is 11.3. The van der Waals surface area contributed by atoms with Crippen molar-refractivity contribution in [3.63, 3.8) is 0 Å². The second-order valence-electron chi connectivity index (χ2n) is 6.68. The van der Waals surface area contributed by atoms with Crippen molar-refractivity contribution in [3.8, 4) is 23.2 Å². The minimum atomic E-state index is -1.10. The fraction of sp³-hybridized carbons (Fsp3) is 0.211. The maximum Gasteiger partial charge on any atom is 0.356 e. The minimum Gasteiger partial charge on any atom is -0.476 e. The maximum absolute atomic E-state index is 11.8. The van der Waals surface area contributed by atoms with E-state index in [1.165, 1.54) is 10.9 Å². The maximum atomic E-state index is 11.8. The highest BCUT2D eigenvalue weighted by Crippen LogP contribution is 2.37. The van der Waals surface area contributed by atoms with E-state index in [1.54, 1.807) is 36.4 Å². The summed E-state index contributed by atoms with van der Waals surface area (Å²) >= 11 is 0. The van der Waals surface area contributed by atoms with Crippen LogP contribution in [-0.4, -0.2) is 20.9 Å². The second kappa shape index (κ2) is 5.95. The van der Waals surface area contributed by atoms with Gasteiger partial charge in [0.15, 0.2) is 11.5 Å². The molecule has 0 aliphatic rings. The third-order valence-corrected chi connectivity index (χ3v) is 3.81. The van der Waals surface area contributed by atoms with Gasteiger partial charge in [-0.2, -0.15) is 10.4 Å². The third kappa shape index (κ3) is 2.92. The van der Waals surface area contributed by atoms with Gasteiger partial charge < -0.3 is 9.52 Å². The number of hydrogen-bond acceptors (Lipinski definition) is 4. The monoisotopic (exact) mass is 335 g/mol. The number of benzene rings is 1. The molecule has 1 N–H and O–H groups in total. The Balaban J connectivity index is 2.39. The average molecular weight is 335 g/mol. The molecule has 2 aromatic heterocycles. The first kappa shape index (κ1) is 16.5. The van der Waals surface area contributed by atoms with Crippen LogP contribution in [0.1, 0.15) is 42.4 Å². The number of carboxylic acid groups (broad SMARTS) is 1. The van der Waals surface area contributed by atoms with E-state index < -0.39 is 11.4 Å². The van der Waals surface area contributed by atoms with E-state index in [0.29, 0.717) is 28.3 Å². The van der Waals surface area contributed by atoms with Crippen molar-refractivity contribution in [1.82, 2.24) is 9.78 Å². The van der Waals surface area contributed by atoms with Gasteiger partial charge in [-0.3, -0.25) is 0 Å². The Morgan fingerprint density at radius 3 is 2.60 bits per heavy atom. The zero-order chi connectivity index (χ0) is 18.2. The lowest BCUT2D eigenvalue weighted by Gasteiger charge is -2.20. The van der Waals surface area contributed by atoms with Gasteiger partial charge >= 0.3 is 5.97 Å². The van der Waals surface area contributed by atoms with Crippen LogP contribution in [0.5, 0.6) is 0 Å². The Hall–Kier alpha value is -3.33. The number of rotatable bonds is 3. The zero-order valence-corrected chi connectivity index (χ0v) is 14.1. The highest BCUT2D eigenvalue weighted by Gasteiger charge is 2.33. The molecule has 3 rings (SSSR count). The van der Waals surface area contributed by atoms with Crippen LogP contribution >= 0.6 is 0 Å². The Bertz CT molecular complexity index is 971. The van der Waals surface area contributed by atoms with Crippen LogP contribution in [0.4, 0.5) is 0 Å². The molecule has 0 saturated carbocycles. The summed E-state index contributed by atoms with van der Waals surface area (Å²) < 4.78 is 7.08. The molecule has 0 spiro atoms. The van der Waals surface area contributed by atoms with E-state index in [2.05, 4.69) is 11.2 Å². The van der Waals surface area contributed by atoms with E-state index in [-0.39, 0.29) is 5.69 Å². The van der Waals surface area contributed by atoms with Gasteiger partial charge in [0.05, 0.1) is 23.6 Å². The van der Waals surface area contributed by atoms with Crippen LogP contribution in [0, 0.1) is 11.3 Å². The Labute approximate surface area is 144 Å².